The molecule has 4 rings (SSSR count). The van der Waals surface area contributed by atoms with E-state index in [2.05, 4.69) is 5.32 Å². The highest BCUT2D eigenvalue weighted by Gasteiger charge is 2.33. The minimum absolute atomic E-state index is 0.101. The second-order valence-corrected chi connectivity index (χ2v) is 12.0. The predicted molar refractivity (Wildman–Crippen MR) is 154 cm³/mol. The van der Waals surface area contributed by atoms with E-state index in [1.807, 2.05) is 49.4 Å². The van der Waals surface area contributed by atoms with Crippen LogP contribution >= 0.6 is 0 Å². The minimum Gasteiger partial charge on any atom is -0.352 e. The van der Waals surface area contributed by atoms with Crippen molar-refractivity contribution in [2.24, 2.45) is 0 Å². The Balaban J connectivity index is 1.64. The Bertz CT molecular complexity index is 1360. The summed E-state index contributed by atoms with van der Waals surface area (Å²) in [5.41, 5.74) is 2.19. The number of anilines is 1. The van der Waals surface area contributed by atoms with Crippen LogP contribution in [0.3, 0.4) is 0 Å². The molecule has 8 heteroatoms. The van der Waals surface area contributed by atoms with Crippen molar-refractivity contribution in [1.82, 2.24) is 10.2 Å². The summed E-state index contributed by atoms with van der Waals surface area (Å²) in [6.45, 7) is 3.40. The van der Waals surface area contributed by atoms with Gasteiger partial charge in [-0.2, -0.15) is 0 Å². The van der Waals surface area contributed by atoms with E-state index in [-0.39, 0.29) is 23.4 Å². The zero-order chi connectivity index (χ0) is 27.8. The van der Waals surface area contributed by atoms with E-state index in [4.69, 9.17) is 0 Å². The Labute approximate surface area is 231 Å². The topological polar surface area (TPSA) is 86.8 Å². The smallest absolute Gasteiger partial charge is 0.264 e. The second kappa shape index (κ2) is 12.9. The van der Waals surface area contributed by atoms with Crippen molar-refractivity contribution in [3.05, 3.63) is 96.1 Å². The minimum atomic E-state index is -4.05. The molecule has 1 aliphatic carbocycles. The Morgan fingerprint density at radius 1 is 0.897 bits per heavy atom. The van der Waals surface area contributed by atoms with Crippen molar-refractivity contribution in [3.63, 3.8) is 0 Å². The van der Waals surface area contributed by atoms with E-state index in [1.54, 1.807) is 37.3 Å². The van der Waals surface area contributed by atoms with Crippen molar-refractivity contribution in [1.29, 1.82) is 0 Å². The van der Waals surface area contributed by atoms with Gasteiger partial charge in [0.15, 0.2) is 0 Å². The monoisotopic (exact) mass is 547 g/mol. The SMILES string of the molecule is Cc1ccccc1N(CC(=O)N(CCc1ccccc1)C(C)C(=O)NC1CCCC1)S(=O)(=O)c1ccccc1. The molecule has 1 unspecified atom stereocenters. The first-order chi connectivity index (χ1) is 18.8. The highest BCUT2D eigenvalue weighted by Crippen LogP contribution is 2.27. The summed E-state index contributed by atoms with van der Waals surface area (Å²) in [6.07, 6.45) is 4.58. The van der Waals surface area contributed by atoms with E-state index < -0.39 is 28.5 Å². The highest BCUT2D eigenvalue weighted by atomic mass is 32.2. The van der Waals surface area contributed by atoms with Crippen molar-refractivity contribution in [2.45, 2.75) is 62.9 Å². The second-order valence-electron chi connectivity index (χ2n) is 10.1. The molecule has 0 aliphatic heterocycles. The van der Waals surface area contributed by atoms with Crippen LogP contribution in [0.4, 0.5) is 5.69 Å². The number of carbonyl (C=O) groups excluding carboxylic acids is 2. The Morgan fingerprint density at radius 2 is 1.49 bits per heavy atom. The number of para-hydroxylation sites is 1. The summed E-state index contributed by atoms with van der Waals surface area (Å²) >= 11 is 0. The van der Waals surface area contributed by atoms with Crippen LogP contribution in [0.25, 0.3) is 0 Å². The molecule has 1 atom stereocenters. The van der Waals surface area contributed by atoms with Gasteiger partial charge in [-0.25, -0.2) is 8.42 Å². The van der Waals surface area contributed by atoms with Crippen molar-refractivity contribution < 1.29 is 18.0 Å². The Kier molecular flexibility index (Phi) is 9.41. The van der Waals surface area contributed by atoms with E-state index in [1.165, 1.54) is 17.0 Å². The lowest BCUT2D eigenvalue weighted by atomic mass is 10.1. The van der Waals surface area contributed by atoms with E-state index >= 15 is 0 Å². The molecule has 0 aromatic heterocycles. The molecule has 3 aromatic carbocycles. The largest absolute Gasteiger partial charge is 0.352 e. The van der Waals surface area contributed by atoms with Crippen LogP contribution in [-0.4, -0.2) is 50.3 Å². The first-order valence-electron chi connectivity index (χ1n) is 13.5. The molecule has 1 N–H and O–H groups in total. The number of carbonyl (C=O) groups is 2. The molecule has 0 heterocycles. The fraction of sp³-hybridized carbons (Fsp3) is 0.355. The molecule has 1 saturated carbocycles. The normalized spacial score (nSPS) is 14.5. The maximum Gasteiger partial charge on any atom is 0.264 e. The summed E-state index contributed by atoms with van der Waals surface area (Å²) in [6, 6.07) is 24.3. The van der Waals surface area contributed by atoms with Crippen molar-refractivity contribution >= 4 is 27.5 Å². The first-order valence-corrected chi connectivity index (χ1v) is 15.0. The lowest BCUT2D eigenvalue weighted by Gasteiger charge is -2.33. The average molecular weight is 548 g/mol. The number of nitrogens with one attached hydrogen (secondary N) is 1. The molecule has 0 radical (unpaired) electrons. The summed E-state index contributed by atoms with van der Waals surface area (Å²) in [5.74, 6) is -0.639. The maximum absolute atomic E-state index is 14.0. The molecule has 39 heavy (non-hydrogen) atoms. The van der Waals surface area contributed by atoms with E-state index in [0.717, 1.165) is 41.1 Å². The Morgan fingerprint density at radius 3 is 2.13 bits per heavy atom. The number of nitrogens with zero attached hydrogens (tertiary/aromatic N) is 2. The van der Waals surface area contributed by atoms with Crippen LogP contribution in [0, 0.1) is 6.92 Å². The zero-order valence-corrected chi connectivity index (χ0v) is 23.4. The molecule has 1 fully saturated rings. The number of rotatable bonds is 11. The number of aryl methyl sites for hydroxylation is 1. The van der Waals surface area contributed by atoms with Crippen LogP contribution in [-0.2, 0) is 26.0 Å². The molecular formula is C31H37N3O4S. The van der Waals surface area contributed by atoms with Gasteiger partial charge in [-0.05, 0) is 62.4 Å². The number of sulfonamides is 1. The number of hydrogen-bond donors (Lipinski definition) is 1. The van der Waals surface area contributed by atoms with Crippen LogP contribution in [0.5, 0.6) is 0 Å². The average Bonchev–Trinajstić information content (AvgIpc) is 3.46. The van der Waals surface area contributed by atoms with Crippen LogP contribution in [0.2, 0.25) is 0 Å². The van der Waals surface area contributed by atoms with Crippen LogP contribution in [0.1, 0.15) is 43.7 Å². The quantitative estimate of drug-likeness (QED) is 0.377. The number of benzene rings is 3. The van der Waals surface area contributed by atoms with Gasteiger partial charge in [0.2, 0.25) is 11.8 Å². The van der Waals surface area contributed by atoms with Gasteiger partial charge in [-0.15, -0.1) is 0 Å². The van der Waals surface area contributed by atoms with Gasteiger partial charge in [-0.1, -0.05) is 79.6 Å². The molecule has 0 bridgehead atoms. The third-order valence-electron chi connectivity index (χ3n) is 7.35. The fourth-order valence-corrected chi connectivity index (χ4v) is 6.54. The van der Waals surface area contributed by atoms with Crippen LogP contribution < -0.4 is 9.62 Å². The predicted octanol–water partition coefficient (Wildman–Crippen LogP) is 4.71. The van der Waals surface area contributed by atoms with Crippen LogP contribution in [0.15, 0.2) is 89.8 Å². The van der Waals surface area contributed by atoms with Gasteiger partial charge in [-0.3, -0.25) is 13.9 Å². The molecule has 0 saturated heterocycles. The molecule has 206 valence electrons. The van der Waals surface area contributed by atoms with Gasteiger partial charge in [0.05, 0.1) is 10.6 Å². The lowest BCUT2D eigenvalue weighted by Crippen LogP contribution is -2.53. The van der Waals surface area contributed by atoms with Gasteiger partial charge >= 0.3 is 0 Å². The zero-order valence-electron chi connectivity index (χ0n) is 22.6. The van der Waals surface area contributed by atoms with Crippen molar-refractivity contribution in [3.8, 4) is 0 Å². The molecule has 7 nitrogen and oxygen atoms in total. The third kappa shape index (κ3) is 7.06. The molecule has 2 amide bonds. The summed E-state index contributed by atoms with van der Waals surface area (Å²) in [7, 11) is -4.05. The van der Waals surface area contributed by atoms with E-state index in [9.17, 15) is 18.0 Å². The fourth-order valence-electron chi connectivity index (χ4n) is 5.04. The molecular weight excluding hydrogens is 510 g/mol. The van der Waals surface area contributed by atoms with Gasteiger partial charge in [0.25, 0.3) is 10.0 Å². The van der Waals surface area contributed by atoms with Gasteiger partial charge in [0, 0.05) is 12.6 Å². The van der Waals surface area contributed by atoms with Gasteiger partial charge < -0.3 is 10.2 Å². The molecule has 1 aliphatic rings. The highest BCUT2D eigenvalue weighted by molar-refractivity contribution is 7.92. The molecule has 0 spiro atoms. The number of amides is 2. The Hall–Kier alpha value is -3.65. The maximum atomic E-state index is 14.0. The first kappa shape index (κ1) is 28.4. The number of hydrogen-bond acceptors (Lipinski definition) is 4. The lowest BCUT2D eigenvalue weighted by molar-refractivity contribution is -0.139. The summed E-state index contributed by atoms with van der Waals surface area (Å²) < 4.78 is 28.8. The van der Waals surface area contributed by atoms with Gasteiger partial charge in [0.1, 0.15) is 12.6 Å². The molecule has 3 aromatic rings. The van der Waals surface area contributed by atoms with Crippen molar-refractivity contribution in [2.75, 3.05) is 17.4 Å². The standard InChI is InChI=1S/C31H37N3O4S/c1-24-13-9-12-20-29(24)34(39(37,38)28-18-7-4-8-19-28)23-30(35)33(22-21-26-14-5-3-6-15-26)25(2)31(36)32-27-16-10-11-17-27/h3-9,12-15,18-20,25,27H,10-11,16-17,21-23H2,1-2H3,(H,32,36). The third-order valence-corrected chi connectivity index (χ3v) is 9.12. The summed E-state index contributed by atoms with van der Waals surface area (Å²) in [4.78, 5) is 28.8. The van der Waals surface area contributed by atoms with E-state index in [0.29, 0.717) is 12.1 Å². The summed E-state index contributed by atoms with van der Waals surface area (Å²) in [5, 5.41) is 3.10.